The van der Waals surface area contributed by atoms with E-state index in [1.54, 1.807) is 0 Å². The Kier molecular flexibility index (Phi) is 5.42. The van der Waals surface area contributed by atoms with Crippen LogP contribution in [0.25, 0.3) is 0 Å². The molecule has 1 fully saturated rings. The van der Waals surface area contributed by atoms with Crippen molar-refractivity contribution in [3.8, 4) is 0 Å². The van der Waals surface area contributed by atoms with Crippen LogP contribution in [-0.4, -0.2) is 11.9 Å². The van der Waals surface area contributed by atoms with Crippen molar-refractivity contribution in [1.29, 1.82) is 0 Å². The minimum atomic E-state index is -0.343. The van der Waals surface area contributed by atoms with Crippen LogP contribution in [-0.2, 0) is 0 Å². The number of hydrogen-bond acceptors (Lipinski definition) is 1. The van der Waals surface area contributed by atoms with Crippen LogP contribution < -0.4 is 5.32 Å². The van der Waals surface area contributed by atoms with E-state index in [4.69, 9.17) is 0 Å². The van der Waals surface area contributed by atoms with Crippen molar-refractivity contribution >= 4 is 21.8 Å². The summed E-state index contributed by atoms with van der Waals surface area (Å²) in [6.07, 6.45) is 3.41. The third-order valence-electron chi connectivity index (χ3n) is 4.51. The second-order valence-corrected chi connectivity index (χ2v) is 7.38. The molecule has 0 saturated heterocycles. The molecule has 1 aliphatic carbocycles. The molecular formula is C17H23BrFNO. The van der Waals surface area contributed by atoms with Gasteiger partial charge in [0.25, 0.3) is 5.91 Å². The summed E-state index contributed by atoms with van der Waals surface area (Å²) in [7, 11) is 0. The van der Waals surface area contributed by atoms with Crippen LogP contribution >= 0.6 is 15.9 Å². The summed E-state index contributed by atoms with van der Waals surface area (Å²) in [6.45, 7) is 6.67. The van der Waals surface area contributed by atoms with Gasteiger partial charge in [-0.3, -0.25) is 4.79 Å². The maximum absolute atomic E-state index is 13.1. The van der Waals surface area contributed by atoms with Crippen LogP contribution in [0.1, 0.15) is 50.4 Å². The number of carbonyl (C=O) groups is 1. The number of benzene rings is 1. The number of carbonyl (C=O) groups excluding carboxylic acids is 1. The van der Waals surface area contributed by atoms with Crippen LogP contribution in [0.5, 0.6) is 0 Å². The third-order valence-corrected chi connectivity index (χ3v) is 5.17. The number of amides is 1. The van der Waals surface area contributed by atoms with Crippen LogP contribution in [0.3, 0.4) is 0 Å². The van der Waals surface area contributed by atoms with Crippen LogP contribution in [0.15, 0.2) is 22.7 Å². The topological polar surface area (TPSA) is 29.1 Å². The largest absolute Gasteiger partial charge is 0.349 e. The second kappa shape index (κ2) is 6.91. The Morgan fingerprint density at radius 2 is 2.10 bits per heavy atom. The van der Waals surface area contributed by atoms with Gasteiger partial charge in [-0.15, -0.1) is 0 Å². The quantitative estimate of drug-likeness (QED) is 0.830. The molecule has 0 aromatic heterocycles. The molecule has 1 aromatic rings. The van der Waals surface area contributed by atoms with Gasteiger partial charge in [0.05, 0.1) is 5.56 Å². The normalized spacial score (nSPS) is 25.9. The summed E-state index contributed by atoms with van der Waals surface area (Å²) in [5.74, 6) is 1.25. The third kappa shape index (κ3) is 4.06. The number of halogens is 2. The first-order chi connectivity index (χ1) is 9.88. The zero-order valence-electron chi connectivity index (χ0n) is 12.8. The van der Waals surface area contributed by atoms with Gasteiger partial charge in [0, 0.05) is 10.5 Å². The molecule has 4 heteroatoms. The Labute approximate surface area is 134 Å². The molecule has 0 radical (unpaired) electrons. The average molecular weight is 356 g/mol. The summed E-state index contributed by atoms with van der Waals surface area (Å²) >= 11 is 3.27. The molecular weight excluding hydrogens is 333 g/mol. The zero-order valence-corrected chi connectivity index (χ0v) is 14.4. The Balaban J connectivity index is 2.12. The predicted molar refractivity (Wildman–Crippen MR) is 86.7 cm³/mol. The van der Waals surface area contributed by atoms with Crippen LogP contribution in [0.2, 0.25) is 0 Å². The fourth-order valence-electron chi connectivity index (χ4n) is 3.29. The fourth-order valence-corrected chi connectivity index (χ4v) is 3.82. The lowest BCUT2D eigenvalue weighted by molar-refractivity contribution is 0.0867. The van der Waals surface area contributed by atoms with E-state index < -0.39 is 0 Å². The Hall–Kier alpha value is -0.900. The molecule has 2 nitrogen and oxygen atoms in total. The summed E-state index contributed by atoms with van der Waals surface area (Å²) in [5, 5.41) is 3.17. The first kappa shape index (κ1) is 16.5. The lowest BCUT2D eigenvalue weighted by atomic mass is 9.74. The molecule has 1 saturated carbocycles. The van der Waals surface area contributed by atoms with Crippen molar-refractivity contribution in [1.82, 2.24) is 5.32 Å². The van der Waals surface area contributed by atoms with Gasteiger partial charge in [0.15, 0.2) is 0 Å². The summed E-state index contributed by atoms with van der Waals surface area (Å²) in [4.78, 5) is 12.5. The molecule has 0 heterocycles. The molecule has 116 valence electrons. The number of nitrogens with one attached hydrogen (secondary N) is 1. The Bertz CT molecular complexity index is 518. The van der Waals surface area contributed by atoms with Crippen molar-refractivity contribution < 1.29 is 9.18 Å². The minimum absolute atomic E-state index is 0.119. The van der Waals surface area contributed by atoms with Crippen molar-refractivity contribution in [3.63, 3.8) is 0 Å². The zero-order chi connectivity index (χ0) is 15.6. The van der Waals surface area contributed by atoms with E-state index in [1.165, 1.54) is 24.6 Å². The molecule has 21 heavy (non-hydrogen) atoms. The highest BCUT2D eigenvalue weighted by Gasteiger charge is 2.32. The van der Waals surface area contributed by atoms with E-state index in [9.17, 15) is 9.18 Å². The van der Waals surface area contributed by atoms with E-state index in [1.807, 2.05) is 0 Å². The summed E-state index contributed by atoms with van der Waals surface area (Å²) < 4.78 is 13.6. The predicted octanol–water partition coefficient (Wildman–Crippen LogP) is 4.78. The van der Waals surface area contributed by atoms with Crippen molar-refractivity contribution in [3.05, 3.63) is 34.1 Å². The first-order valence-electron chi connectivity index (χ1n) is 7.64. The Morgan fingerprint density at radius 1 is 1.38 bits per heavy atom. The minimum Gasteiger partial charge on any atom is -0.349 e. The second-order valence-electron chi connectivity index (χ2n) is 6.53. The first-order valence-corrected chi connectivity index (χ1v) is 8.43. The molecule has 3 unspecified atom stereocenters. The van der Waals surface area contributed by atoms with Crippen molar-refractivity contribution in [2.75, 3.05) is 0 Å². The number of rotatable bonds is 3. The van der Waals surface area contributed by atoms with Gasteiger partial charge in [0.2, 0.25) is 0 Å². The highest BCUT2D eigenvalue weighted by molar-refractivity contribution is 9.10. The van der Waals surface area contributed by atoms with Crippen LogP contribution in [0.4, 0.5) is 4.39 Å². The highest BCUT2D eigenvalue weighted by Crippen LogP contribution is 2.33. The molecule has 3 atom stereocenters. The van der Waals surface area contributed by atoms with E-state index in [-0.39, 0.29) is 17.8 Å². The van der Waals surface area contributed by atoms with E-state index in [0.29, 0.717) is 27.8 Å². The molecule has 2 rings (SSSR count). The van der Waals surface area contributed by atoms with Gasteiger partial charge in [0.1, 0.15) is 5.82 Å². The Morgan fingerprint density at radius 3 is 2.71 bits per heavy atom. The molecule has 0 aliphatic heterocycles. The fraction of sp³-hybridized carbons (Fsp3) is 0.588. The van der Waals surface area contributed by atoms with E-state index >= 15 is 0 Å². The number of hydrogen-bond donors (Lipinski definition) is 1. The van der Waals surface area contributed by atoms with Gasteiger partial charge in [-0.2, -0.15) is 0 Å². The van der Waals surface area contributed by atoms with Crippen molar-refractivity contribution in [2.45, 2.75) is 46.1 Å². The van der Waals surface area contributed by atoms with Gasteiger partial charge in [-0.05, 0) is 64.7 Å². The van der Waals surface area contributed by atoms with Gasteiger partial charge < -0.3 is 5.32 Å². The van der Waals surface area contributed by atoms with E-state index in [2.05, 4.69) is 42.0 Å². The lowest BCUT2D eigenvalue weighted by Crippen LogP contribution is -2.45. The molecule has 1 aliphatic rings. The van der Waals surface area contributed by atoms with Crippen LogP contribution in [0, 0.1) is 23.6 Å². The standard InChI is InChI=1S/C17H23BrFNO/c1-10(2)13-6-4-11(3)8-16(13)20-17(21)14-7-5-12(19)9-15(14)18/h5,7,9-11,13,16H,4,6,8H2,1-3H3,(H,20,21). The smallest absolute Gasteiger partial charge is 0.252 e. The van der Waals surface area contributed by atoms with Gasteiger partial charge in [-0.1, -0.05) is 27.2 Å². The summed E-state index contributed by atoms with van der Waals surface area (Å²) in [5.41, 5.74) is 0.497. The lowest BCUT2D eigenvalue weighted by Gasteiger charge is -2.37. The SMILES string of the molecule is CC1CCC(C(C)C)C(NC(=O)c2ccc(F)cc2Br)C1. The van der Waals surface area contributed by atoms with E-state index in [0.717, 1.165) is 12.8 Å². The molecule has 1 amide bonds. The monoisotopic (exact) mass is 355 g/mol. The molecule has 1 N–H and O–H groups in total. The van der Waals surface area contributed by atoms with Gasteiger partial charge in [-0.25, -0.2) is 4.39 Å². The van der Waals surface area contributed by atoms with Crippen molar-refractivity contribution in [2.24, 2.45) is 17.8 Å². The molecule has 1 aromatic carbocycles. The average Bonchev–Trinajstić information content (AvgIpc) is 2.37. The maximum atomic E-state index is 13.1. The van der Waals surface area contributed by atoms with Gasteiger partial charge >= 0.3 is 0 Å². The molecule has 0 spiro atoms. The summed E-state index contributed by atoms with van der Waals surface area (Å²) in [6, 6.07) is 4.39. The molecule has 0 bridgehead atoms. The maximum Gasteiger partial charge on any atom is 0.252 e. The highest BCUT2D eigenvalue weighted by atomic mass is 79.9.